The minimum atomic E-state index is 0.193. The quantitative estimate of drug-likeness (QED) is 0.758. The van der Waals surface area contributed by atoms with Gasteiger partial charge in [0.25, 0.3) is 0 Å². The number of likely N-dealkylation sites (tertiary alicyclic amines) is 1. The fraction of sp³-hybridized carbons (Fsp3) is 0.875. The molecule has 2 fully saturated rings. The maximum atomic E-state index is 11.5. The highest BCUT2D eigenvalue weighted by Gasteiger charge is 2.35. The number of aryl methyl sites for hydroxylation is 1. The van der Waals surface area contributed by atoms with Crippen LogP contribution in [0.4, 0.5) is 0 Å². The third kappa shape index (κ3) is 3.75. The predicted molar refractivity (Wildman–Crippen MR) is 90.2 cm³/mol. The monoisotopic (exact) mass is 335 g/mol. The van der Waals surface area contributed by atoms with Crippen LogP contribution in [0, 0.1) is 5.92 Å². The first-order valence-electron chi connectivity index (χ1n) is 9.05. The molecule has 0 bridgehead atoms. The van der Waals surface area contributed by atoms with Gasteiger partial charge in [0.05, 0.1) is 6.54 Å². The Hall–Kier alpha value is -1.54. The maximum Gasteiger partial charge on any atom is 0.219 e. The topological polar surface area (TPSA) is 70.4 Å². The summed E-state index contributed by atoms with van der Waals surface area (Å²) in [7, 11) is 0. The molecule has 2 aliphatic rings. The molecule has 0 N–H and O–H groups in total. The number of tetrazole rings is 1. The Morgan fingerprint density at radius 2 is 1.96 bits per heavy atom. The number of rotatable bonds is 5. The van der Waals surface area contributed by atoms with Crippen LogP contribution < -0.4 is 0 Å². The minimum Gasteiger partial charge on any atom is -0.340 e. The SMILES string of the molecule is CCCn1nnnc1CN1CC(C)C(N2CCN(C(C)=O)CC2)C1. The molecule has 8 nitrogen and oxygen atoms in total. The lowest BCUT2D eigenvalue weighted by molar-refractivity contribution is -0.130. The van der Waals surface area contributed by atoms with Crippen LogP contribution in [-0.4, -0.2) is 86.1 Å². The molecular weight excluding hydrogens is 306 g/mol. The van der Waals surface area contributed by atoms with Gasteiger partial charge in [0.15, 0.2) is 5.82 Å². The van der Waals surface area contributed by atoms with Crippen molar-refractivity contribution in [3.8, 4) is 0 Å². The molecule has 3 rings (SSSR count). The van der Waals surface area contributed by atoms with E-state index in [0.29, 0.717) is 12.0 Å². The lowest BCUT2D eigenvalue weighted by Crippen LogP contribution is -2.53. The molecule has 0 aliphatic carbocycles. The molecule has 3 heterocycles. The second kappa shape index (κ2) is 7.57. The number of carbonyl (C=O) groups is 1. The highest BCUT2D eigenvalue weighted by Crippen LogP contribution is 2.24. The summed E-state index contributed by atoms with van der Waals surface area (Å²) in [5.74, 6) is 1.79. The maximum absolute atomic E-state index is 11.5. The highest BCUT2D eigenvalue weighted by molar-refractivity contribution is 5.73. The van der Waals surface area contributed by atoms with Crippen LogP contribution in [0.3, 0.4) is 0 Å². The number of carbonyl (C=O) groups excluding carboxylic acids is 1. The summed E-state index contributed by atoms with van der Waals surface area (Å²) < 4.78 is 1.92. The summed E-state index contributed by atoms with van der Waals surface area (Å²) in [6, 6.07) is 0.564. The highest BCUT2D eigenvalue weighted by atomic mass is 16.2. The van der Waals surface area contributed by atoms with E-state index in [1.54, 1.807) is 6.92 Å². The van der Waals surface area contributed by atoms with Crippen molar-refractivity contribution < 1.29 is 4.79 Å². The first-order chi connectivity index (χ1) is 11.6. The van der Waals surface area contributed by atoms with Crippen molar-refractivity contribution in [2.75, 3.05) is 39.3 Å². The molecule has 1 amide bonds. The Morgan fingerprint density at radius 1 is 1.21 bits per heavy atom. The van der Waals surface area contributed by atoms with Gasteiger partial charge in [0.2, 0.25) is 5.91 Å². The van der Waals surface area contributed by atoms with Crippen LogP contribution in [0.25, 0.3) is 0 Å². The van der Waals surface area contributed by atoms with Gasteiger partial charge in [-0.2, -0.15) is 0 Å². The van der Waals surface area contributed by atoms with E-state index in [1.165, 1.54) is 0 Å². The van der Waals surface area contributed by atoms with Gasteiger partial charge in [-0.25, -0.2) is 4.68 Å². The standard InChI is InChI=1S/C16H29N7O/c1-4-5-23-16(17-18-19-23)12-20-10-13(2)15(11-20)22-8-6-21(7-9-22)14(3)24/h13,15H,4-12H2,1-3H3. The molecule has 2 atom stereocenters. The zero-order chi connectivity index (χ0) is 17.1. The summed E-state index contributed by atoms with van der Waals surface area (Å²) in [4.78, 5) is 18.5. The van der Waals surface area contributed by atoms with Crippen LogP contribution >= 0.6 is 0 Å². The molecule has 0 radical (unpaired) electrons. The lowest BCUT2D eigenvalue weighted by Gasteiger charge is -2.39. The Bertz CT molecular complexity index is 552. The van der Waals surface area contributed by atoms with Gasteiger partial charge in [-0.05, 0) is 22.8 Å². The molecule has 2 saturated heterocycles. The van der Waals surface area contributed by atoms with Crippen molar-refractivity contribution >= 4 is 5.91 Å². The normalized spacial score (nSPS) is 26.2. The summed E-state index contributed by atoms with van der Waals surface area (Å²) in [5.41, 5.74) is 0. The van der Waals surface area contributed by atoms with E-state index in [-0.39, 0.29) is 5.91 Å². The van der Waals surface area contributed by atoms with Crippen molar-refractivity contribution in [3.63, 3.8) is 0 Å². The first-order valence-corrected chi connectivity index (χ1v) is 9.05. The van der Waals surface area contributed by atoms with Crippen LogP contribution in [0.2, 0.25) is 0 Å². The van der Waals surface area contributed by atoms with Gasteiger partial charge < -0.3 is 4.90 Å². The van der Waals surface area contributed by atoms with Gasteiger partial charge in [-0.1, -0.05) is 13.8 Å². The predicted octanol–water partition coefficient (Wildman–Crippen LogP) is 0.0675. The Labute approximate surface area is 143 Å². The number of aromatic nitrogens is 4. The van der Waals surface area contributed by atoms with E-state index in [2.05, 4.69) is 39.2 Å². The Kier molecular flexibility index (Phi) is 5.45. The van der Waals surface area contributed by atoms with E-state index in [1.807, 2.05) is 9.58 Å². The second-order valence-corrected chi connectivity index (χ2v) is 7.10. The van der Waals surface area contributed by atoms with Gasteiger partial charge in [0.1, 0.15) is 0 Å². The van der Waals surface area contributed by atoms with Gasteiger partial charge in [-0.3, -0.25) is 14.6 Å². The van der Waals surface area contributed by atoms with Crippen molar-refractivity contribution in [2.24, 2.45) is 5.92 Å². The zero-order valence-electron chi connectivity index (χ0n) is 15.1. The third-order valence-electron chi connectivity index (χ3n) is 5.28. The molecule has 0 saturated carbocycles. The summed E-state index contributed by atoms with van der Waals surface area (Å²) in [5, 5.41) is 12.1. The Balaban J connectivity index is 1.55. The average molecular weight is 335 g/mol. The van der Waals surface area contributed by atoms with Crippen LogP contribution in [0.15, 0.2) is 0 Å². The van der Waals surface area contributed by atoms with Crippen LogP contribution in [-0.2, 0) is 17.9 Å². The molecule has 2 unspecified atom stereocenters. The Morgan fingerprint density at radius 3 is 2.62 bits per heavy atom. The van der Waals surface area contributed by atoms with Gasteiger partial charge in [0, 0.05) is 58.8 Å². The number of piperazine rings is 1. The summed E-state index contributed by atoms with van der Waals surface area (Å²) in [6.45, 7) is 13.6. The minimum absolute atomic E-state index is 0.193. The van der Waals surface area contributed by atoms with Gasteiger partial charge in [-0.15, -0.1) is 5.10 Å². The van der Waals surface area contributed by atoms with Crippen molar-refractivity contribution in [2.45, 2.75) is 46.3 Å². The molecule has 1 aromatic heterocycles. The molecule has 8 heteroatoms. The number of hydrogen-bond donors (Lipinski definition) is 0. The van der Waals surface area contributed by atoms with E-state index < -0.39 is 0 Å². The fourth-order valence-corrected chi connectivity index (χ4v) is 3.94. The fourth-order valence-electron chi connectivity index (χ4n) is 3.94. The molecule has 0 aromatic carbocycles. The first kappa shape index (κ1) is 17.3. The number of hydrogen-bond acceptors (Lipinski definition) is 6. The third-order valence-corrected chi connectivity index (χ3v) is 5.28. The molecule has 2 aliphatic heterocycles. The van der Waals surface area contributed by atoms with E-state index in [4.69, 9.17) is 0 Å². The number of amides is 1. The largest absolute Gasteiger partial charge is 0.340 e. The number of nitrogens with zero attached hydrogens (tertiary/aromatic N) is 7. The lowest BCUT2D eigenvalue weighted by atomic mass is 10.0. The summed E-state index contributed by atoms with van der Waals surface area (Å²) in [6.07, 6.45) is 1.04. The zero-order valence-corrected chi connectivity index (χ0v) is 15.1. The van der Waals surface area contributed by atoms with Crippen LogP contribution in [0.5, 0.6) is 0 Å². The van der Waals surface area contributed by atoms with Crippen molar-refractivity contribution in [3.05, 3.63) is 5.82 Å². The van der Waals surface area contributed by atoms with E-state index in [9.17, 15) is 4.79 Å². The van der Waals surface area contributed by atoms with Crippen LogP contribution in [0.1, 0.15) is 33.0 Å². The molecule has 0 spiro atoms. The van der Waals surface area contributed by atoms with Crippen molar-refractivity contribution in [1.82, 2.24) is 34.9 Å². The molecular formula is C16H29N7O. The van der Waals surface area contributed by atoms with E-state index >= 15 is 0 Å². The van der Waals surface area contributed by atoms with E-state index in [0.717, 1.165) is 64.6 Å². The molecule has 134 valence electrons. The second-order valence-electron chi connectivity index (χ2n) is 7.10. The van der Waals surface area contributed by atoms with Gasteiger partial charge >= 0.3 is 0 Å². The summed E-state index contributed by atoms with van der Waals surface area (Å²) >= 11 is 0. The smallest absolute Gasteiger partial charge is 0.219 e. The molecule has 24 heavy (non-hydrogen) atoms. The van der Waals surface area contributed by atoms with Crippen molar-refractivity contribution in [1.29, 1.82) is 0 Å². The average Bonchev–Trinajstić information content (AvgIpc) is 3.15. The molecule has 1 aromatic rings.